The summed E-state index contributed by atoms with van der Waals surface area (Å²) in [6.07, 6.45) is 2.50. The fourth-order valence-electron chi connectivity index (χ4n) is 2.81. The van der Waals surface area contributed by atoms with Crippen molar-refractivity contribution in [2.45, 2.75) is 32.5 Å². The quantitative estimate of drug-likeness (QED) is 0.685. The summed E-state index contributed by atoms with van der Waals surface area (Å²) < 4.78 is 13.3. The summed E-state index contributed by atoms with van der Waals surface area (Å²) >= 11 is 3.25. The lowest BCUT2D eigenvalue weighted by Gasteiger charge is -2.22. The molecular weight excluding hydrogens is 360 g/mol. The van der Waals surface area contributed by atoms with Crippen molar-refractivity contribution in [1.82, 2.24) is 10.5 Å². The van der Waals surface area contributed by atoms with E-state index in [1.54, 1.807) is 22.7 Å². The Kier molecular flexibility index (Phi) is 4.85. The van der Waals surface area contributed by atoms with E-state index in [1.807, 2.05) is 24.4 Å². The molecule has 25 heavy (non-hydrogen) atoms. The zero-order valence-electron chi connectivity index (χ0n) is 13.7. The molecule has 1 amide bonds. The van der Waals surface area contributed by atoms with Gasteiger partial charge in [-0.3, -0.25) is 4.79 Å². The fraction of sp³-hybridized carbons (Fsp3) is 0.412. The Bertz CT molecular complexity index is 899. The van der Waals surface area contributed by atoms with Crippen LogP contribution in [0.25, 0.3) is 20.3 Å². The number of hydrogen-bond donors (Lipinski definition) is 1. The molecular formula is C17H18N2O4S2. The summed E-state index contributed by atoms with van der Waals surface area (Å²) in [6, 6.07) is 3.95. The van der Waals surface area contributed by atoms with Gasteiger partial charge in [0.15, 0.2) is 12.9 Å². The maximum absolute atomic E-state index is 12.0. The number of rotatable bonds is 5. The highest BCUT2D eigenvalue weighted by molar-refractivity contribution is 7.21. The van der Waals surface area contributed by atoms with Crippen molar-refractivity contribution in [3.8, 4) is 5.75 Å². The normalized spacial score (nSPS) is 17.9. The van der Waals surface area contributed by atoms with Crippen LogP contribution in [0.15, 0.2) is 17.5 Å². The largest absolute Gasteiger partial charge is 0.483 e. The van der Waals surface area contributed by atoms with Crippen LogP contribution in [0.1, 0.15) is 24.3 Å². The molecule has 0 bridgehead atoms. The second-order valence-electron chi connectivity index (χ2n) is 5.85. The Labute approximate surface area is 152 Å². The fourth-order valence-corrected chi connectivity index (χ4v) is 4.65. The third kappa shape index (κ3) is 3.62. The lowest BCUT2D eigenvalue weighted by molar-refractivity contribution is -0.201. The van der Waals surface area contributed by atoms with Crippen molar-refractivity contribution >= 4 is 48.9 Å². The molecule has 3 aromatic rings. The Morgan fingerprint density at radius 2 is 2.40 bits per heavy atom. The number of carbonyl (C=O) groups excluding carboxylic acids is 1. The molecule has 0 saturated carbocycles. The number of ether oxygens (including phenoxy) is 2. The van der Waals surface area contributed by atoms with Gasteiger partial charge in [0.2, 0.25) is 0 Å². The van der Waals surface area contributed by atoms with E-state index < -0.39 is 0 Å². The van der Waals surface area contributed by atoms with Crippen molar-refractivity contribution < 1.29 is 19.1 Å². The second-order valence-corrected chi connectivity index (χ2v) is 8.00. The number of nitrogens with one attached hydrogen (secondary N) is 1. The highest BCUT2D eigenvalue weighted by Gasteiger charge is 2.17. The average Bonchev–Trinajstić information content (AvgIpc) is 3.24. The van der Waals surface area contributed by atoms with E-state index >= 15 is 0 Å². The van der Waals surface area contributed by atoms with E-state index in [2.05, 4.69) is 10.5 Å². The number of thiophene rings is 1. The van der Waals surface area contributed by atoms with Gasteiger partial charge in [0.1, 0.15) is 5.75 Å². The highest BCUT2D eigenvalue weighted by Crippen LogP contribution is 2.38. The number of hydrogen-bond acceptors (Lipinski definition) is 7. The monoisotopic (exact) mass is 378 g/mol. The number of hydroxylamine groups is 1. The Hall–Kier alpha value is -1.74. The molecule has 0 unspecified atom stereocenters. The molecule has 2 aromatic heterocycles. The van der Waals surface area contributed by atoms with Crippen LogP contribution >= 0.6 is 22.7 Å². The van der Waals surface area contributed by atoms with Gasteiger partial charge in [0.05, 0.1) is 19.9 Å². The van der Waals surface area contributed by atoms with Crippen LogP contribution < -0.4 is 10.2 Å². The molecule has 3 heterocycles. The Morgan fingerprint density at radius 3 is 3.24 bits per heavy atom. The topological polar surface area (TPSA) is 69.7 Å². The molecule has 1 saturated heterocycles. The predicted octanol–water partition coefficient (Wildman–Crippen LogP) is 3.77. The first-order valence-electron chi connectivity index (χ1n) is 8.17. The molecule has 1 aromatic carbocycles. The lowest BCUT2D eigenvalue weighted by Crippen LogP contribution is -2.35. The predicted molar refractivity (Wildman–Crippen MR) is 98.1 cm³/mol. The van der Waals surface area contributed by atoms with Crippen LogP contribution in [0.2, 0.25) is 0 Å². The minimum atomic E-state index is -0.363. The first-order valence-corrected chi connectivity index (χ1v) is 9.86. The molecule has 132 valence electrons. The van der Waals surface area contributed by atoms with Crippen molar-refractivity contribution in [2.24, 2.45) is 0 Å². The van der Waals surface area contributed by atoms with E-state index in [4.69, 9.17) is 14.3 Å². The maximum Gasteiger partial charge on any atom is 0.281 e. The number of amides is 1. The summed E-state index contributed by atoms with van der Waals surface area (Å²) in [6.45, 7) is 2.55. The summed E-state index contributed by atoms with van der Waals surface area (Å²) in [5, 5.41) is 4.00. The third-order valence-electron chi connectivity index (χ3n) is 3.97. The van der Waals surface area contributed by atoms with Crippen LogP contribution in [0, 0.1) is 6.92 Å². The van der Waals surface area contributed by atoms with Crippen LogP contribution in [0.3, 0.4) is 0 Å². The van der Waals surface area contributed by atoms with E-state index in [9.17, 15) is 4.79 Å². The van der Waals surface area contributed by atoms with Crippen molar-refractivity contribution in [3.05, 3.63) is 22.5 Å². The molecule has 0 radical (unpaired) electrons. The molecule has 1 aliphatic heterocycles. The van der Waals surface area contributed by atoms with Gasteiger partial charge in [-0.2, -0.15) is 0 Å². The SMILES string of the molecule is Cc1nc2c(cc(OCC(=O)NO[C@H]3CCCCO3)c3ccsc32)s1. The van der Waals surface area contributed by atoms with Gasteiger partial charge in [0, 0.05) is 24.5 Å². The summed E-state index contributed by atoms with van der Waals surface area (Å²) in [5.41, 5.74) is 3.41. The molecule has 8 heteroatoms. The molecule has 0 aliphatic carbocycles. The molecule has 1 N–H and O–H groups in total. The van der Waals surface area contributed by atoms with Crippen LogP contribution in [0.4, 0.5) is 0 Å². The van der Waals surface area contributed by atoms with Crippen molar-refractivity contribution in [3.63, 3.8) is 0 Å². The first kappa shape index (κ1) is 16.7. The van der Waals surface area contributed by atoms with Gasteiger partial charge in [-0.15, -0.1) is 22.7 Å². The maximum atomic E-state index is 12.0. The number of aromatic nitrogens is 1. The molecule has 1 atom stereocenters. The Morgan fingerprint density at radius 1 is 1.48 bits per heavy atom. The number of benzene rings is 1. The number of thiazole rings is 1. The van der Waals surface area contributed by atoms with Crippen molar-refractivity contribution in [1.29, 1.82) is 0 Å². The summed E-state index contributed by atoms with van der Waals surface area (Å²) in [5.74, 6) is 0.356. The average molecular weight is 378 g/mol. The first-order chi connectivity index (χ1) is 12.2. The Balaban J connectivity index is 1.43. The molecule has 6 nitrogen and oxygen atoms in total. The van der Waals surface area contributed by atoms with E-state index in [1.165, 1.54) is 0 Å². The van der Waals surface area contributed by atoms with Gasteiger partial charge >= 0.3 is 0 Å². The zero-order chi connectivity index (χ0) is 17.2. The smallest absolute Gasteiger partial charge is 0.281 e. The summed E-state index contributed by atoms with van der Waals surface area (Å²) in [7, 11) is 0. The standard InChI is InChI=1S/C17H18N2O4S2/c1-10-18-16-13(25-10)8-12(11-5-7-24-17(11)16)22-9-14(20)19-23-15-4-2-3-6-21-15/h5,7-8,15H,2-4,6,9H2,1H3,(H,19,20)/t15-/m0/s1. The second kappa shape index (κ2) is 7.25. The van der Waals surface area contributed by atoms with Crippen LogP contribution in [0.5, 0.6) is 5.75 Å². The van der Waals surface area contributed by atoms with Crippen molar-refractivity contribution in [2.75, 3.05) is 13.2 Å². The molecule has 1 fully saturated rings. The number of aryl methyl sites for hydroxylation is 1. The van der Waals surface area contributed by atoms with Gasteiger partial charge in [0.25, 0.3) is 5.91 Å². The highest BCUT2D eigenvalue weighted by atomic mass is 32.1. The van der Waals surface area contributed by atoms with E-state index in [-0.39, 0.29) is 18.8 Å². The van der Waals surface area contributed by atoms with Gasteiger partial charge in [-0.25, -0.2) is 15.3 Å². The van der Waals surface area contributed by atoms with Crippen LogP contribution in [-0.2, 0) is 14.4 Å². The van der Waals surface area contributed by atoms with E-state index in [0.717, 1.165) is 44.6 Å². The van der Waals surface area contributed by atoms with Gasteiger partial charge in [-0.1, -0.05) is 0 Å². The van der Waals surface area contributed by atoms with Crippen LogP contribution in [-0.4, -0.2) is 30.4 Å². The molecule has 1 aliphatic rings. The zero-order valence-corrected chi connectivity index (χ0v) is 15.4. The molecule has 0 spiro atoms. The minimum Gasteiger partial charge on any atom is -0.483 e. The molecule has 4 rings (SSSR count). The number of nitrogens with zero attached hydrogens (tertiary/aromatic N) is 1. The third-order valence-corrected chi connectivity index (χ3v) is 5.81. The van der Waals surface area contributed by atoms with E-state index in [0.29, 0.717) is 12.4 Å². The van der Waals surface area contributed by atoms with Gasteiger partial charge in [-0.05, 0) is 31.2 Å². The number of fused-ring (bicyclic) bond motifs is 3. The van der Waals surface area contributed by atoms with Gasteiger partial charge < -0.3 is 9.47 Å². The lowest BCUT2D eigenvalue weighted by atomic mass is 10.2. The summed E-state index contributed by atoms with van der Waals surface area (Å²) in [4.78, 5) is 21.8. The minimum absolute atomic E-state index is 0.110. The number of carbonyl (C=O) groups is 1.